The van der Waals surface area contributed by atoms with E-state index in [-0.39, 0.29) is 0 Å². The van der Waals surface area contributed by atoms with E-state index in [1.54, 1.807) is 22.7 Å². The van der Waals surface area contributed by atoms with Gasteiger partial charge in [0.15, 0.2) is 0 Å². The molecule has 4 nitrogen and oxygen atoms in total. The summed E-state index contributed by atoms with van der Waals surface area (Å²) in [5.74, 6) is 0. The fraction of sp³-hybridized carbons (Fsp3) is 0. The fourth-order valence-corrected chi connectivity index (χ4v) is 10.3. The van der Waals surface area contributed by atoms with Gasteiger partial charge in [0, 0.05) is 61.9 Å². The van der Waals surface area contributed by atoms with E-state index in [4.69, 9.17) is 0 Å². The van der Waals surface area contributed by atoms with Gasteiger partial charge in [-0.15, -0.1) is 22.7 Å². The third kappa shape index (κ3) is 3.61. The summed E-state index contributed by atoms with van der Waals surface area (Å²) in [6, 6.07) is 51.7. The minimum Gasteiger partial charge on any atom is -0.308 e. The van der Waals surface area contributed by atoms with Gasteiger partial charge in [0.1, 0.15) is 12.1 Å². The molecule has 11 rings (SSSR count). The molecule has 7 aromatic carbocycles. The van der Waals surface area contributed by atoms with Crippen LogP contribution in [0.2, 0.25) is 0 Å². The molecular weight excluding hydrogens is 649 g/mol. The van der Waals surface area contributed by atoms with E-state index in [0.717, 1.165) is 43.6 Å². The Morgan fingerprint density at radius 1 is 0.360 bits per heavy atom. The number of rotatable bonds is 2. The molecule has 4 heterocycles. The first-order chi connectivity index (χ1) is 24.7. The summed E-state index contributed by atoms with van der Waals surface area (Å²) >= 11 is 3.60. The highest BCUT2D eigenvalue weighted by Crippen LogP contribution is 2.43. The molecule has 0 saturated carbocycles. The summed E-state index contributed by atoms with van der Waals surface area (Å²) in [7, 11) is 0. The lowest BCUT2D eigenvalue weighted by Gasteiger charge is -2.15. The normalized spacial score (nSPS) is 12.0. The Bertz CT molecular complexity index is 3130. The summed E-state index contributed by atoms with van der Waals surface area (Å²) in [5.41, 5.74) is 6.44. The zero-order chi connectivity index (χ0) is 33.1. The minimum atomic E-state index is 0.505. The Hall–Kier alpha value is -6.44. The van der Waals surface area contributed by atoms with Gasteiger partial charge in [0.05, 0.1) is 44.6 Å². The number of nitrogens with zero attached hydrogens (tertiary/aromatic N) is 4. The zero-order valence-corrected chi connectivity index (χ0v) is 27.9. The van der Waals surface area contributed by atoms with Crippen molar-refractivity contribution in [3.63, 3.8) is 0 Å². The number of aromatic nitrogens is 2. The second-order valence-electron chi connectivity index (χ2n) is 12.7. The van der Waals surface area contributed by atoms with Crippen LogP contribution in [0.3, 0.4) is 0 Å². The maximum Gasteiger partial charge on any atom is 0.101 e. The number of nitriles is 2. The minimum absolute atomic E-state index is 0.505. The third-order valence-electron chi connectivity index (χ3n) is 10.2. The van der Waals surface area contributed by atoms with Gasteiger partial charge in [-0.25, -0.2) is 0 Å². The van der Waals surface area contributed by atoms with Crippen molar-refractivity contribution in [2.75, 3.05) is 0 Å². The van der Waals surface area contributed by atoms with Crippen LogP contribution in [0.1, 0.15) is 11.1 Å². The molecule has 0 spiro atoms. The van der Waals surface area contributed by atoms with Crippen molar-refractivity contribution in [3.05, 3.63) is 145 Å². The third-order valence-corrected chi connectivity index (χ3v) is 12.4. The van der Waals surface area contributed by atoms with Crippen LogP contribution in [-0.4, -0.2) is 9.13 Å². The molecule has 0 aliphatic rings. The molecule has 0 radical (unpaired) electrons. The van der Waals surface area contributed by atoms with E-state index < -0.39 is 0 Å². The van der Waals surface area contributed by atoms with Crippen LogP contribution in [0, 0.1) is 22.7 Å². The van der Waals surface area contributed by atoms with Crippen LogP contribution in [-0.2, 0) is 0 Å². The molecule has 230 valence electrons. The van der Waals surface area contributed by atoms with Gasteiger partial charge in [0.25, 0.3) is 0 Å². The van der Waals surface area contributed by atoms with Crippen molar-refractivity contribution < 1.29 is 0 Å². The van der Waals surface area contributed by atoms with Gasteiger partial charge >= 0.3 is 0 Å². The Labute approximate surface area is 293 Å². The maximum atomic E-state index is 10.8. The highest BCUT2D eigenvalue weighted by Gasteiger charge is 2.22. The van der Waals surface area contributed by atoms with Crippen LogP contribution in [0.25, 0.3) is 95.3 Å². The van der Waals surface area contributed by atoms with Crippen LogP contribution in [0.5, 0.6) is 0 Å². The lowest BCUT2D eigenvalue weighted by Crippen LogP contribution is -2.04. The molecule has 0 unspecified atom stereocenters. The largest absolute Gasteiger partial charge is 0.308 e. The smallest absolute Gasteiger partial charge is 0.101 e. The lowest BCUT2D eigenvalue weighted by molar-refractivity contribution is 1.12. The molecule has 50 heavy (non-hydrogen) atoms. The molecule has 0 amide bonds. The molecular formula is C44H22N4S2. The first-order valence-electron chi connectivity index (χ1n) is 16.4. The Balaban J connectivity index is 1.23. The molecule has 0 fully saturated rings. The Morgan fingerprint density at radius 3 is 1.20 bits per heavy atom. The SMILES string of the molecule is N#Cc1cc(-n2c3ccccc3c3cc4sc5ccccc5c4cc32)c(C#N)cc1-n1c2ccccc2c2cc3sc4ccccc4c3cc21. The van der Waals surface area contributed by atoms with Gasteiger partial charge in [0.2, 0.25) is 0 Å². The first-order valence-corrected chi connectivity index (χ1v) is 18.0. The van der Waals surface area contributed by atoms with Gasteiger partial charge in [-0.2, -0.15) is 10.5 Å². The topological polar surface area (TPSA) is 57.4 Å². The highest BCUT2D eigenvalue weighted by atomic mass is 32.1. The summed E-state index contributed by atoms with van der Waals surface area (Å²) < 4.78 is 9.31. The van der Waals surface area contributed by atoms with E-state index in [9.17, 15) is 10.5 Å². The molecule has 0 aliphatic heterocycles. The second-order valence-corrected chi connectivity index (χ2v) is 14.9. The number of hydrogen-bond acceptors (Lipinski definition) is 4. The van der Waals surface area contributed by atoms with Gasteiger partial charge in [-0.05, 0) is 60.7 Å². The Morgan fingerprint density at radius 2 is 0.760 bits per heavy atom. The van der Waals surface area contributed by atoms with Crippen LogP contribution >= 0.6 is 22.7 Å². The van der Waals surface area contributed by atoms with E-state index in [2.05, 4.69) is 130 Å². The van der Waals surface area contributed by atoms with Crippen molar-refractivity contribution in [2.45, 2.75) is 0 Å². The predicted octanol–water partition coefficient (Wildman–Crippen LogP) is 12.4. The predicted molar refractivity (Wildman–Crippen MR) is 210 cm³/mol. The van der Waals surface area contributed by atoms with Crippen LogP contribution < -0.4 is 0 Å². The van der Waals surface area contributed by atoms with E-state index in [0.29, 0.717) is 22.5 Å². The van der Waals surface area contributed by atoms with Crippen LogP contribution in [0.15, 0.2) is 133 Å². The lowest BCUT2D eigenvalue weighted by atomic mass is 10.1. The number of fused-ring (bicyclic) bond motifs is 12. The van der Waals surface area contributed by atoms with Crippen molar-refractivity contribution in [2.24, 2.45) is 0 Å². The van der Waals surface area contributed by atoms with Gasteiger partial charge < -0.3 is 9.13 Å². The monoisotopic (exact) mass is 670 g/mol. The number of para-hydroxylation sites is 2. The quantitative estimate of drug-likeness (QED) is 0.184. The van der Waals surface area contributed by atoms with E-state index in [1.807, 2.05) is 24.3 Å². The molecule has 0 bridgehead atoms. The van der Waals surface area contributed by atoms with Crippen molar-refractivity contribution in [1.82, 2.24) is 9.13 Å². The average Bonchev–Trinajstić information content (AvgIpc) is 3.90. The molecule has 0 saturated heterocycles. The Kier molecular flexibility index (Phi) is 5.52. The van der Waals surface area contributed by atoms with Crippen LogP contribution in [0.4, 0.5) is 0 Å². The zero-order valence-electron chi connectivity index (χ0n) is 26.3. The molecule has 0 aliphatic carbocycles. The first kappa shape index (κ1) is 27.5. The maximum absolute atomic E-state index is 10.8. The number of hydrogen-bond donors (Lipinski definition) is 0. The number of thiophene rings is 2. The van der Waals surface area contributed by atoms with Crippen molar-refractivity contribution in [1.29, 1.82) is 10.5 Å². The summed E-state index contributed by atoms with van der Waals surface area (Å²) in [6.07, 6.45) is 0. The average molecular weight is 671 g/mol. The highest BCUT2D eigenvalue weighted by molar-refractivity contribution is 7.26. The van der Waals surface area contributed by atoms with E-state index >= 15 is 0 Å². The fourth-order valence-electron chi connectivity index (χ4n) is 8.02. The molecule has 0 N–H and O–H groups in total. The molecule has 4 aromatic heterocycles. The number of benzene rings is 7. The van der Waals surface area contributed by atoms with Gasteiger partial charge in [-0.3, -0.25) is 0 Å². The second kappa shape index (κ2) is 10.0. The standard InChI is InChI=1S/C44H22N4S2/c45-23-25-18-38(48-36-14-6-2-10-28(36)32-22-44-34(20-40(32)48)30-12-4-8-16-42(30)50-44)26(24-46)17-37(25)47-35-13-5-1-9-27(35)31-21-43-33(19-39(31)47)29-11-3-7-15-41(29)49-43/h1-22H. The van der Waals surface area contributed by atoms with E-state index in [1.165, 1.54) is 40.3 Å². The molecule has 0 atom stereocenters. The van der Waals surface area contributed by atoms with Crippen molar-refractivity contribution in [3.8, 4) is 23.5 Å². The molecule has 6 heteroatoms. The summed E-state index contributed by atoms with van der Waals surface area (Å²) in [6.45, 7) is 0. The summed E-state index contributed by atoms with van der Waals surface area (Å²) in [4.78, 5) is 0. The van der Waals surface area contributed by atoms with Crippen molar-refractivity contribution >= 4 is 107 Å². The van der Waals surface area contributed by atoms with Gasteiger partial charge in [-0.1, -0.05) is 72.8 Å². The summed E-state index contributed by atoms with van der Waals surface area (Å²) in [5, 5.41) is 31.0. The molecule has 11 aromatic rings.